The number of carbonyl (C=O) groups is 2. The number of esters is 1. The van der Waals surface area contributed by atoms with E-state index in [9.17, 15) is 9.59 Å². The summed E-state index contributed by atoms with van der Waals surface area (Å²) in [5, 5.41) is 4.44. The Balaban J connectivity index is 1.34. The summed E-state index contributed by atoms with van der Waals surface area (Å²) in [7, 11) is 0. The van der Waals surface area contributed by atoms with Crippen molar-refractivity contribution in [3.05, 3.63) is 126 Å². The lowest BCUT2D eigenvalue weighted by atomic mass is 10.0. The lowest BCUT2D eigenvalue weighted by Gasteiger charge is -2.07. The van der Waals surface area contributed by atoms with Crippen LogP contribution in [0.25, 0.3) is 28.2 Å². The monoisotopic (exact) mass is 487 g/mol. The van der Waals surface area contributed by atoms with Gasteiger partial charge in [-0.3, -0.25) is 4.79 Å². The zero-order valence-electron chi connectivity index (χ0n) is 20.6. The van der Waals surface area contributed by atoms with Crippen LogP contribution in [-0.2, 0) is 4.74 Å². The van der Waals surface area contributed by atoms with Crippen LogP contribution in [0.1, 0.15) is 32.1 Å². The fourth-order valence-corrected chi connectivity index (χ4v) is 3.99. The van der Waals surface area contributed by atoms with Gasteiger partial charge >= 0.3 is 5.97 Å². The Kier molecular flexibility index (Phi) is 6.72. The first-order valence-corrected chi connectivity index (χ1v) is 11.9. The highest BCUT2D eigenvalue weighted by Crippen LogP contribution is 2.23. The van der Waals surface area contributed by atoms with Crippen molar-refractivity contribution in [1.29, 1.82) is 0 Å². The third-order valence-corrected chi connectivity index (χ3v) is 5.99. The molecule has 1 heterocycles. The Bertz CT molecular complexity index is 1550. The smallest absolute Gasteiger partial charge is 0.378 e. The molecule has 0 saturated heterocycles. The molecule has 0 aliphatic rings. The molecule has 4 aromatic carbocycles. The van der Waals surface area contributed by atoms with E-state index < -0.39 is 12.6 Å². The molecule has 0 unspecified atom stereocenters. The van der Waals surface area contributed by atoms with Gasteiger partial charge in [-0.25, -0.2) is 14.5 Å². The minimum atomic E-state index is -0.756. The average Bonchev–Trinajstić information content (AvgIpc) is 3.38. The summed E-state index contributed by atoms with van der Waals surface area (Å²) in [4.78, 5) is 30.0. The summed E-state index contributed by atoms with van der Waals surface area (Å²) in [6, 6.07) is 32.7. The fraction of sp³-hybridized carbons (Fsp3) is 0.0968. The van der Waals surface area contributed by atoms with Crippen LogP contribution in [0.15, 0.2) is 103 Å². The molecule has 0 fully saturated rings. The third kappa shape index (κ3) is 5.38. The van der Waals surface area contributed by atoms with E-state index in [1.807, 2.05) is 105 Å². The van der Waals surface area contributed by atoms with Crippen LogP contribution < -0.4 is 0 Å². The minimum absolute atomic E-state index is 0.107. The quantitative estimate of drug-likeness (QED) is 0.200. The van der Waals surface area contributed by atoms with E-state index in [0.29, 0.717) is 11.4 Å². The molecule has 1 aromatic heterocycles. The van der Waals surface area contributed by atoms with Gasteiger partial charge in [-0.05, 0) is 42.7 Å². The molecule has 0 aliphatic carbocycles. The van der Waals surface area contributed by atoms with Gasteiger partial charge in [0.1, 0.15) is 0 Å². The van der Waals surface area contributed by atoms with Gasteiger partial charge in [0.2, 0.25) is 0 Å². The van der Waals surface area contributed by atoms with Crippen molar-refractivity contribution in [3.8, 4) is 28.2 Å². The molecule has 5 aromatic rings. The Labute approximate surface area is 215 Å². The largest absolute Gasteiger partial charge is 0.451 e. The van der Waals surface area contributed by atoms with E-state index in [-0.39, 0.29) is 11.6 Å². The second kappa shape index (κ2) is 10.4. The number of aromatic nitrogens is 3. The molecule has 6 nitrogen and oxygen atoms in total. The van der Waals surface area contributed by atoms with E-state index in [1.54, 1.807) is 16.8 Å². The summed E-state index contributed by atoms with van der Waals surface area (Å²) >= 11 is 0. The highest BCUT2D eigenvalue weighted by molar-refractivity contribution is 5.99. The maximum absolute atomic E-state index is 12.9. The van der Waals surface area contributed by atoms with Crippen LogP contribution >= 0.6 is 0 Å². The van der Waals surface area contributed by atoms with Crippen molar-refractivity contribution in [2.24, 2.45) is 0 Å². The van der Waals surface area contributed by atoms with Gasteiger partial charge in [0, 0.05) is 11.1 Å². The van der Waals surface area contributed by atoms with Gasteiger partial charge in [0.25, 0.3) is 5.82 Å². The molecule has 0 spiro atoms. The lowest BCUT2D eigenvalue weighted by Crippen LogP contribution is -2.15. The average molecular weight is 488 g/mol. The molecular weight excluding hydrogens is 462 g/mol. The third-order valence-electron chi connectivity index (χ3n) is 5.99. The zero-order valence-corrected chi connectivity index (χ0v) is 20.6. The Morgan fingerprint density at radius 3 is 2.11 bits per heavy atom. The van der Waals surface area contributed by atoms with Gasteiger partial charge in [-0.1, -0.05) is 96.6 Å². The molecule has 6 heteroatoms. The first-order chi connectivity index (χ1) is 18.0. The maximum atomic E-state index is 12.9. The van der Waals surface area contributed by atoms with E-state index in [0.717, 1.165) is 33.5 Å². The van der Waals surface area contributed by atoms with E-state index >= 15 is 0 Å². The Hall–Kier alpha value is -4.84. The number of benzene rings is 4. The van der Waals surface area contributed by atoms with Crippen molar-refractivity contribution < 1.29 is 14.3 Å². The molecule has 0 aliphatic heterocycles. The standard InChI is InChI=1S/C31H25N3O3/c1-21-11-13-26(14-12-21)30-32-29(33-34(30)27-10-6-7-22(2)19-27)31(36)37-20-28(35)25-17-15-24(16-18-25)23-8-4-3-5-9-23/h3-19H,20H2,1-2H3. The van der Waals surface area contributed by atoms with Gasteiger partial charge in [-0.2, -0.15) is 0 Å². The first kappa shape index (κ1) is 23.9. The molecular formula is C31H25N3O3. The maximum Gasteiger partial charge on any atom is 0.378 e. The second-order valence-corrected chi connectivity index (χ2v) is 8.82. The van der Waals surface area contributed by atoms with Crippen molar-refractivity contribution in [3.63, 3.8) is 0 Å². The summed E-state index contributed by atoms with van der Waals surface area (Å²) in [6.45, 7) is 3.59. The SMILES string of the molecule is Cc1ccc(-c2nc(C(=O)OCC(=O)c3ccc(-c4ccccc4)cc3)nn2-c2cccc(C)c2)cc1. The van der Waals surface area contributed by atoms with E-state index in [2.05, 4.69) is 10.1 Å². The normalized spacial score (nSPS) is 10.8. The highest BCUT2D eigenvalue weighted by atomic mass is 16.5. The van der Waals surface area contributed by atoms with Crippen molar-refractivity contribution >= 4 is 11.8 Å². The number of hydrogen-bond acceptors (Lipinski definition) is 5. The number of Topliss-reactive ketones (excluding diaryl/α,β-unsaturated/α-hetero) is 1. The molecule has 182 valence electrons. The number of rotatable bonds is 7. The van der Waals surface area contributed by atoms with Crippen LogP contribution in [0.3, 0.4) is 0 Å². The number of ether oxygens (including phenoxy) is 1. The van der Waals surface area contributed by atoms with Crippen LogP contribution in [0.5, 0.6) is 0 Å². The summed E-state index contributed by atoms with van der Waals surface area (Å²) < 4.78 is 6.94. The van der Waals surface area contributed by atoms with E-state index in [4.69, 9.17) is 4.74 Å². The van der Waals surface area contributed by atoms with E-state index in [1.165, 1.54) is 0 Å². The molecule has 37 heavy (non-hydrogen) atoms. The topological polar surface area (TPSA) is 74.1 Å². The van der Waals surface area contributed by atoms with Crippen LogP contribution in [-0.4, -0.2) is 33.1 Å². The van der Waals surface area contributed by atoms with Gasteiger partial charge in [-0.15, -0.1) is 5.10 Å². The summed E-state index contributed by atoms with van der Waals surface area (Å²) in [6.07, 6.45) is 0. The minimum Gasteiger partial charge on any atom is -0.451 e. The molecule has 5 rings (SSSR count). The van der Waals surface area contributed by atoms with Crippen LogP contribution in [0, 0.1) is 13.8 Å². The summed E-state index contributed by atoms with van der Waals surface area (Å²) in [5.74, 6) is -0.649. The highest BCUT2D eigenvalue weighted by Gasteiger charge is 2.21. The number of ketones is 1. The first-order valence-electron chi connectivity index (χ1n) is 11.9. The van der Waals surface area contributed by atoms with Crippen molar-refractivity contribution in [1.82, 2.24) is 14.8 Å². The van der Waals surface area contributed by atoms with Crippen molar-refractivity contribution in [2.45, 2.75) is 13.8 Å². The van der Waals surface area contributed by atoms with Crippen molar-refractivity contribution in [2.75, 3.05) is 6.61 Å². The summed E-state index contributed by atoms with van der Waals surface area (Å²) in [5.41, 5.74) is 6.28. The lowest BCUT2D eigenvalue weighted by molar-refractivity contribution is 0.0462. The number of carbonyl (C=O) groups excluding carboxylic acids is 2. The number of aryl methyl sites for hydroxylation is 2. The predicted octanol–water partition coefficient (Wildman–Crippen LogP) is 6.26. The Morgan fingerprint density at radius 2 is 1.41 bits per heavy atom. The Morgan fingerprint density at radius 1 is 0.730 bits per heavy atom. The molecule has 0 saturated carbocycles. The number of nitrogens with zero attached hydrogens (tertiary/aromatic N) is 3. The molecule has 0 amide bonds. The molecule has 0 radical (unpaired) electrons. The molecule has 0 bridgehead atoms. The zero-order chi connectivity index (χ0) is 25.8. The fourth-order valence-electron chi connectivity index (χ4n) is 3.99. The van der Waals surface area contributed by atoms with Crippen LogP contribution in [0.2, 0.25) is 0 Å². The van der Waals surface area contributed by atoms with Gasteiger partial charge < -0.3 is 4.74 Å². The van der Waals surface area contributed by atoms with Gasteiger partial charge in [0.05, 0.1) is 5.69 Å². The van der Waals surface area contributed by atoms with Crippen LogP contribution in [0.4, 0.5) is 0 Å². The molecule has 0 atom stereocenters. The van der Waals surface area contributed by atoms with Gasteiger partial charge in [0.15, 0.2) is 18.2 Å². The molecule has 0 N–H and O–H groups in total. The second-order valence-electron chi connectivity index (χ2n) is 8.82. The number of hydrogen-bond donors (Lipinski definition) is 0. The predicted molar refractivity (Wildman–Crippen MR) is 143 cm³/mol.